The normalized spacial score (nSPS) is 11.0. The van der Waals surface area contributed by atoms with E-state index in [0.717, 1.165) is 23.5 Å². The molecule has 0 aliphatic rings. The Kier molecular flexibility index (Phi) is 6.45. The second-order valence-corrected chi connectivity index (χ2v) is 6.74. The van der Waals surface area contributed by atoms with Crippen LogP contribution in [-0.2, 0) is 11.2 Å². The molecule has 1 amide bonds. The van der Waals surface area contributed by atoms with Gasteiger partial charge in [-0.15, -0.1) is 0 Å². The molecule has 25 heavy (non-hydrogen) atoms. The van der Waals surface area contributed by atoms with Crippen LogP contribution in [0.15, 0.2) is 48.5 Å². The summed E-state index contributed by atoms with van der Waals surface area (Å²) in [6.45, 7) is 5.90. The minimum Gasteiger partial charge on any atom is -0.497 e. The number of hydrogen-bond acceptors (Lipinski definition) is 3. The molecule has 4 nitrogen and oxygen atoms in total. The first-order chi connectivity index (χ1) is 11.9. The summed E-state index contributed by atoms with van der Waals surface area (Å²) in [4.78, 5) is 12.6. The molecule has 0 aliphatic heterocycles. The van der Waals surface area contributed by atoms with E-state index in [2.05, 4.69) is 29.7 Å². The molecule has 0 unspecified atom stereocenters. The average molecular weight is 340 g/mol. The highest BCUT2D eigenvalue weighted by molar-refractivity contribution is 5.99. The first-order valence-electron chi connectivity index (χ1n) is 8.77. The third kappa shape index (κ3) is 5.52. The van der Waals surface area contributed by atoms with E-state index in [9.17, 15) is 4.79 Å². The van der Waals surface area contributed by atoms with E-state index in [1.54, 1.807) is 7.11 Å². The second kappa shape index (κ2) is 8.56. The maximum Gasteiger partial charge on any atom is 0.249 e. The molecule has 2 N–H and O–H groups in total. The van der Waals surface area contributed by atoms with E-state index in [-0.39, 0.29) is 5.91 Å². The highest BCUT2D eigenvalue weighted by atomic mass is 16.5. The molecule has 4 heteroatoms. The summed E-state index contributed by atoms with van der Waals surface area (Å²) in [5, 5.41) is 6.24. The molecule has 2 aromatic rings. The minimum absolute atomic E-state index is 0.0865. The van der Waals surface area contributed by atoms with Gasteiger partial charge in [0.1, 0.15) is 11.3 Å². The van der Waals surface area contributed by atoms with Gasteiger partial charge >= 0.3 is 0 Å². The van der Waals surface area contributed by atoms with Crippen molar-refractivity contribution in [3.63, 3.8) is 0 Å². The zero-order chi connectivity index (χ0) is 18.3. The zero-order valence-electron chi connectivity index (χ0n) is 15.6. The van der Waals surface area contributed by atoms with Crippen LogP contribution in [0.25, 0.3) is 0 Å². The quantitative estimate of drug-likeness (QED) is 0.721. The number of hydrogen-bond donors (Lipinski definition) is 2. The van der Waals surface area contributed by atoms with Crippen molar-refractivity contribution in [3.8, 4) is 5.75 Å². The number of carbonyl (C=O) groups is 1. The lowest BCUT2D eigenvalue weighted by atomic mass is 10.0. The van der Waals surface area contributed by atoms with Crippen molar-refractivity contribution in [1.29, 1.82) is 0 Å². The Hall–Kier alpha value is -2.49. The Balaban J connectivity index is 2.00. The lowest BCUT2D eigenvalue weighted by Gasteiger charge is -2.26. The fourth-order valence-corrected chi connectivity index (χ4v) is 2.54. The standard InChI is InChI=1S/C21H28N2O2/c1-5-6-8-16-11-13-17(14-12-16)22-20(24)21(2,3)23-18-9-7-10-19(15-18)25-4/h7,9-15,23H,5-6,8H2,1-4H3,(H,22,24). The summed E-state index contributed by atoms with van der Waals surface area (Å²) in [7, 11) is 1.63. The maximum absolute atomic E-state index is 12.6. The van der Waals surface area contributed by atoms with Crippen LogP contribution in [0.2, 0.25) is 0 Å². The second-order valence-electron chi connectivity index (χ2n) is 6.74. The minimum atomic E-state index is -0.757. The number of carbonyl (C=O) groups excluding carboxylic acids is 1. The summed E-state index contributed by atoms with van der Waals surface area (Å²) in [5.74, 6) is 0.667. The van der Waals surface area contributed by atoms with E-state index in [1.807, 2.05) is 50.2 Å². The van der Waals surface area contributed by atoms with Gasteiger partial charge in [-0.3, -0.25) is 4.79 Å². The van der Waals surface area contributed by atoms with Gasteiger partial charge in [0.2, 0.25) is 5.91 Å². The van der Waals surface area contributed by atoms with Crippen LogP contribution in [0.5, 0.6) is 5.75 Å². The highest BCUT2D eigenvalue weighted by Crippen LogP contribution is 2.22. The lowest BCUT2D eigenvalue weighted by molar-refractivity contribution is -0.119. The smallest absolute Gasteiger partial charge is 0.249 e. The fourth-order valence-electron chi connectivity index (χ4n) is 2.54. The Morgan fingerprint density at radius 1 is 1.08 bits per heavy atom. The molecule has 0 aliphatic carbocycles. The van der Waals surface area contributed by atoms with Gasteiger partial charge in [0.15, 0.2) is 0 Å². The molecule has 0 saturated heterocycles. The van der Waals surface area contributed by atoms with Gasteiger partial charge in [0.25, 0.3) is 0 Å². The third-order valence-electron chi connectivity index (χ3n) is 4.13. The predicted molar refractivity (Wildman–Crippen MR) is 104 cm³/mol. The van der Waals surface area contributed by atoms with Crippen molar-refractivity contribution >= 4 is 17.3 Å². The number of benzene rings is 2. The van der Waals surface area contributed by atoms with Gasteiger partial charge in [-0.25, -0.2) is 0 Å². The Morgan fingerprint density at radius 3 is 2.44 bits per heavy atom. The Bertz CT molecular complexity index is 693. The summed E-state index contributed by atoms with van der Waals surface area (Å²) >= 11 is 0. The number of methoxy groups -OCH3 is 1. The predicted octanol–water partition coefficient (Wildman–Crippen LogP) is 4.87. The molecular weight excluding hydrogens is 312 g/mol. The van der Waals surface area contributed by atoms with Crippen molar-refractivity contribution in [3.05, 3.63) is 54.1 Å². The van der Waals surface area contributed by atoms with E-state index >= 15 is 0 Å². The fraction of sp³-hybridized carbons (Fsp3) is 0.381. The number of amides is 1. The molecule has 0 spiro atoms. The number of anilines is 2. The third-order valence-corrected chi connectivity index (χ3v) is 4.13. The van der Waals surface area contributed by atoms with Crippen LogP contribution in [0.4, 0.5) is 11.4 Å². The van der Waals surface area contributed by atoms with E-state index in [1.165, 1.54) is 18.4 Å². The number of rotatable bonds is 8. The summed E-state index contributed by atoms with van der Waals surface area (Å²) in [5.41, 5.74) is 2.20. The number of ether oxygens (including phenoxy) is 1. The van der Waals surface area contributed by atoms with Crippen LogP contribution < -0.4 is 15.4 Å². The van der Waals surface area contributed by atoms with Gasteiger partial charge in [-0.05, 0) is 56.5 Å². The van der Waals surface area contributed by atoms with Gasteiger partial charge in [-0.1, -0.05) is 31.5 Å². The molecule has 0 radical (unpaired) electrons. The van der Waals surface area contributed by atoms with Crippen LogP contribution in [0, 0.1) is 0 Å². The van der Waals surface area contributed by atoms with Crippen molar-refractivity contribution in [1.82, 2.24) is 0 Å². The summed E-state index contributed by atoms with van der Waals surface area (Å²) in [6, 6.07) is 15.6. The highest BCUT2D eigenvalue weighted by Gasteiger charge is 2.27. The summed E-state index contributed by atoms with van der Waals surface area (Å²) < 4.78 is 5.22. The van der Waals surface area contributed by atoms with Gasteiger partial charge in [0.05, 0.1) is 7.11 Å². The Labute approximate surface area is 150 Å². The maximum atomic E-state index is 12.6. The SMILES string of the molecule is CCCCc1ccc(NC(=O)C(C)(C)Nc2cccc(OC)c2)cc1. The topological polar surface area (TPSA) is 50.4 Å². The van der Waals surface area contributed by atoms with Gasteiger partial charge in [-0.2, -0.15) is 0 Å². The first-order valence-corrected chi connectivity index (χ1v) is 8.77. The number of unbranched alkanes of at least 4 members (excludes halogenated alkanes) is 1. The Morgan fingerprint density at radius 2 is 1.80 bits per heavy atom. The monoisotopic (exact) mass is 340 g/mol. The van der Waals surface area contributed by atoms with E-state index in [4.69, 9.17) is 4.74 Å². The molecule has 0 aromatic heterocycles. The molecule has 2 aromatic carbocycles. The van der Waals surface area contributed by atoms with Crippen molar-refractivity contribution < 1.29 is 9.53 Å². The first kappa shape index (κ1) is 18.8. The number of nitrogens with one attached hydrogen (secondary N) is 2. The summed E-state index contributed by atoms with van der Waals surface area (Å²) in [6.07, 6.45) is 3.44. The van der Waals surface area contributed by atoms with Crippen LogP contribution in [0.1, 0.15) is 39.2 Å². The van der Waals surface area contributed by atoms with Crippen molar-refractivity contribution in [2.24, 2.45) is 0 Å². The van der Waals surface area contributed by atoms with E-state index in [0.29, 0.717) is 0 Å². The average Bonchev–Trinajstić information content (AvgIpc) is 2.61. The van der Waals surface area contributed by atoms with Crippen molar-refractivity contribution in [2.75, 3.05) is 17.7 Å². The molecular formula is C21H28N2O2. The molecule has 0 saturated carbocycles. The zero-order valence-corrected chi connectivity index (χ0v) is 15.6. The molecule has 0 bridgehead atoms. The molecule has 0 fully saturated rings. The van der Waals surface area contributed by atoms with Gasteiger partial charge < -0.3 is 15.4 Å². The molecule has 2 rings (SSSR count). The molecule has 0 atom stereocenters. The van der Waals surface area contributed by atoms with Crippen LogP contribution in [0.3, 0.4) is 0 Å². The largest absolute Gasteiger partial charge is 0.497 e. The molecule has 134 valence electrons. The van der Waals surface area contributed by atoms with Crippen molar-refractivity contribution in [2.45, 2.75) is 45.6 Å². The molecule has 0 heterocycles. The van der Waals surface area contributed by atoms with E-state index < -0.39 is 5.54 Å². The van der Waals surface area contributed by atoms with Crippen LogP contribution in [-0.4, -0.2) is 18.6 Å². The lowest BCUT2D eigenvalue weighted by Crippen LogP contribution is -2.44. The van der Waals surface area contributed by atoms with Crippen LogP contribution >= 0.6 is 0 Å². The number of aryl methyl sites for hydroxylation is 1. The van der Waals surface area contributed by atoms with Gasteiger partial charge in [0, 0.05) is 17.4 Å².